The Morgan fingerprint density at radius 2 is 1.60 bits per heavy atom. The largest absolute Gasteiger partial charge is 0.330 e. The predicted molar refractivity (Wildman–Crippen MR) is 138 cm³/mol. The summed E-state index contributed by atoms with van der Waals surface area (Å²) in [4.78, 5) is 27.5. The first-order chi connectivity index (χ1) is 16.1. The summed E-state index contributed by atoms with van der Waals surface area (Å²) >= 11 is 0. The minimum absolute atomic E-state index is 0.00723. The number of ketones is 2. The molecule has 5 aliphatic rings. The molecule has 4 heteroatoms. The molecule has 192 valence electrons. The van der Waals surface area contributed by atoms with Crippen molar-refractivity contribution in [3.63, 3.8) is 0 Å². The first kappa shape index (κ1) is 25.2. The van der Waals surface area contributed by atoms with Crippen molar-refractivity contribution in [2.75, 3.05) is 6.54 Å². The zero-order chi connectivity index (χ0) is 25.8. The standard InChI is InChI=1S/C31H46N2O2/c1-26(2)10-12-31(18-33)13-11-30(7)24(20(31)16-26)21(34)14-23-28(5)15-19(17-32)25(35)27(3,4)22(28)8-9-29(23,30)6/h15,20,22-24H,8-14,16,18,33H2,1-7H3/t20?,22-,23?,24?,28?,29?,30+,31?/m0/s1. The van der Waals surface area contributed by atoms with Crippen molar-refractivity contribution < 1.29 is 9.59 Å². The second-order valence-corrected chi connectivity index (χ2v) is 15.3. The molecule has 4 fully saturated rings. The third-order valence-electron chi connectivity index (χ3n) is 13.1. The normalized spacial score (nSPS) is 50.1. The van der Waals surface area contributed by atoms with Gasteiger partial charge in [-0.25, -0.2) is 0 Å². The van der Waals surface area contributed by atoms with E-state index in [0.717, 1.165) is 38.5 Å². The molecule has 5 rings (SSSR count). The Morgan fingerprint density at radius 3 is 2.23 bits per heavy atom. The maximum Gasteiger partial charge on any atom is 0.178 e. The van der Waals surface area contributed by atoms with Crippen LogP contribution in [0.25, 0.3) is 0 Å². The van der Waals surface area contributed by atoms with Crippen molar-refractivity contribution in [3.05, 3.63) is 11.6 Å². The number of hydrogen-bond acceptors (Lipinski definition) is 4. The zero-order valence-corrected chi connectivity index (χ0v) is 23.1. The molecule has 0 spiro atoms. The van der Waals surface area contributed by atoms with Crippen molar-refractivity contribution in [2.45, 2.75) is 99.8 Å². The predicted octanol–water partition coefficient (Wildman–Crippen LogP) is 6.24. The van der Waals surface area contributed by atoms with Gasteiger partial charge in [0.2, 0.25) is 0 Å². The van der Waals surface area contributed by atoms with Gasteiger partial charge in [-0.15, -0.1) is 0 Å². The molecule has 0 amide bonds. The molecule has 0 aromatic rings. The molecule has 0 heterocycles. The first-order valence-corrected chi connectivity index (χ1v) is 14.0. The van der Waals surface area contributed by atoms with Gasteiger partial charge < -0.3 is 5.73 Å². The Labute approximate surface area is 212 Å². The Kier molecular flexibility index (Phi) is 5.26. The molecule has 4 saturated carbocycles. The second kappa shape index (κ2) is 7.31. The molecule has 5 aliphatic carbocycles. The van der Waals surface area contributed by atoms with E-state index < -0.39 is 5.41 Å². The van der Waals surface area contributed by atoms with E-state index in [0.29, 0.717) is 30.2 Å². The van der Waals surface area contributed by atoms with Crippen LogP contribution in [0.5, 0.6) is 0 Å². The molecule has 6 unspecified atom stereocenters. The minimum Gasteiger partial charge on any atom is -0.330 e. The maximum absolute atomic E-state index is 14.4. The fourth-order valence-electron chi connectivity index (χ4n) is 10.8. The van der Waals surface area contributed by atoms with Crippen LogP contribution >= 0.6 is 0 Å². The van der Waals surface area contributed by atoms with Crippen molar-refractivity contribution in [2.24, 2.45) is 61.9 Å². The van der Waals surface area contributed by atoms with Gasteiger partial charge in [-0.2, -0.15) is 5.26 Å². The quantitative estimate of drug-likeness (QED) is 0.483. The van der Waals surface area contributed by atoms with E-state index >= 15 is 0 Å². The zero-order valence-electron chi connectivity index (χ0n) is 23.1. The van der Waals surface area contributed by atoms with E-state index in [1.165, 1.54) is 6.42 Å². The third kappa shape index (κ3) is 3.00. The second-order valence-electron chi connectivity index (χ2n) is 15.3. The average molecular weight is 479 g/mol. The molecule has 0 radical (unpaired) electrons. The van der Waals surface area contributed by atoms with Crippen LogP contribution < -0.4 is 5.73 Å². The fourth-order valence-corrected chi connectivity index (χ4v) is 10.8. The van der Waals surface area contributed by atoms with Gasteiger partial charge >= 0.3 is 0 Å². The minimum atomic E-state index is -0.578. The smallest absolute Gasteiger partial charge is 0.178 e. The number of nitrogens with two attached hydrogens (primary N) is 1. The third-order valence-corrected chi connectivity index (χ3v) is 13.1. The summed E-state index contributed by atoms with van der Waals surface area (Å²) in [5.74, 6) is 1.15. The summed E-state index contributed by atoms with van der Waals surface area (Å²) in [5, 5.41) is 9.86. The molecular weight excluding hydrogens is 432 g/mol. The molecule has 0 aliphatic heterocycles. The number of nitrogens with zero attached hydrogens (tertiary/aromatic N) is 1. The lowest BCUT2D eigenvalue weighted by atomic mass is 9.31. The summed E-state index contributed by atoms with van der Waals surface area (Å²) in [7, 11) is 0. The van der Waals surface area contributed by atoms with Gasteiger partial charge in [0.15, 0.2) is 5.78 Å². The van der Waals surface area contributed by atoms with Crippen molar-refractivity contribution in [1.29, 1.82) is 5.26 Å². The highest BCUT2D eigenvalue weighted by atomic mass is 16.1. The molecule has 0 aromatic carbocycles. The number of carbonyl (C=O) groups excluding carboxylic acids is 2. The Hall–Kier alpha value is -1.47. The van der Waals surface area contributed by atoms with Gasteiger partial charge in [0, 0.05) is 17.8 Å². The van der Waals surface area contributed by atoms with E-state index in [1.54, 1.807) is 0 Å². The molecule has 0 saturated heterocycles. The van der Waals surface area contributed by atoms with Gasteiger partial charge in [-0.3, -0.25) is 9.59 Å². The lowest BCUT2D eigenvalue weighted by Gasteiger charge is -2.72. The summed E-state index contributed by atoms with van der Waals surface area (Å²) in [6.45, 7) is 16.7. The van der Waals surface area contributed by atoms with Crippen molar-refractivity contribution in [3.8, 4) is 6.07 Å². The van der Waals surface area contributed by atoms with Gasteiger partial charge in [-0.1, -0.05) is 54.5 Å². The van der Waals surface area contributed by atoms with E-state index in [2.05, 4.69) is 40.7 Å². The van der Waals surface area contributed by atoms with Crippen LogP contribution in [-0.2, 0) is 9.59 Å². The van der Waals surface area contributed by atoms with Crippen LogP contribution in [0, 0.1) is 67.5 Å². The number of fused-ring (bicyclic) bond motifs is 7. The van der Waals surface area contributed by atoms with Crippen molar-refractivity contribution >= 4 is 11.6 Å². The molecule has 0 aromatic heterocycles. The lowest BCUT2D eigenvalue weighted by Crippen LogP contribution is -2.69. The number of Topliss-reactive ketones (excluding diaryl/α,β-unsaturated/α-hetero) is 2. The van der Waals surface area contributed by atoms with Crippen molar-refractivity contribution in [1.82, 2.24) is 0 Å². The highest BCUT2D eigenvalue weighted by molar-refractivity contribution is 6.04. The SMILES string of the molecule is CC1(C)CCC2(CN)CC[C@]3(C)C(C(=O)CC4C5(C)C=C(C#N)C(=O)C(C)(C)[C@@H]5CCC43C)C2C1. The summed E-state index contributed by atoms with van der Waals surface area (Å²) in [6, 6.07) is 2.22. The number of nitriles is 1. The molecule has 8 atom stereocenters. The van der Waals surface area contributed by atoms with Crippen LogP contribution in [-0.4, -0.2) is 18.1 Å². The number of rotatable bonds is 1. The summed E-state index contributed by atoms with van der Waals surface area (Å²) in [5.41, 5.74) is 6.18. The van der Waals surface area contributed by atoms with Gasteiger partial charge in [-0.05, 0) is 96.3 Å². The van der Waals surface area contributed by atoms with Gasteiger partial charge in [0.25, 0.3) is 0 Å². The summed E-state index contributed by atoms with van der Waals surface area (Å²) < 4.78 is 0. The fraction of sp³-hybridized carbons (Fsp3) is 0.839. The number of hydrogen-bond donors (Lipinski definition) is 1. The Morgan fingerprint density at radius 1 is 0.943 bits per heavy atom. The van der Waals surface area contributed by atoms with E-state index in [9.17, 15) is 14.9 Å². The van der Waals surface area contributed by atoms with Gasteiger partial charge in [0.1, 0.15) is 11.9 Å². The Bertz CT molecular complexity index is 1050. The van der Waals surface area contributed by atoms with Crippen LogP contribution in [0.1, 0.15) is 99.8 Å². The monoisotopic (exact) mass is 478 g/mol. The van der Waals surface area contributed by atoms with Crippen LogP contribution in [0.2, 0.25) is 0 Å². The van der Waals surface area contributed by atoms with Crippen LogP contribution in [0.15, 0.2) is 11.6 Å². The Balaban J connectivity index is 1.63. The maximum atomic E-state index is 14.4. The molecular formula is C31H46N2O2. The molecule has 0 bridgehead atoms. The van der Waals surface area contributed by atoms with Crippen LogP contribution in [0.4, 0.5) is 0 Å². The average Bonchev–Trinajstić information content (AvgIpc) is 2.77. The van der Waals surface area contributed by atoms with Crippen LogP contribution in [0.3, 0.4) is 0 Å². The lowest BCUT2D eigenvalue weighted by molar-refractivity contribution is -0.221. The highest BCUT2D eigenvalue weighted by Crippen LogP contribution is 2.75. The molecule has 2 N–H and O–H groups in total. The van der Waals surface area contributed by atoms with E-state index in [-0.39, 0.29) is 50.6 Å². The first-order valence-electron chi connectivity index (χ1n) is 14.0. The topological polar surface area (TPSA) is 83.9 Å². The van der Waals surface area contributed by atoms with Gasteiger partial charge in [0.05, 0.1) is 5.57 Å². The number of allylic oxidation sites excluding steroid dienone is 2. The molecule has 35 heavy (non-hydrogen) atoms. The number of carbonyl (C=O) groups is 2. The highest BCUT2D eigenvalue weighted by Gasteiger charge is 2.71. The van der Waals surface area contributed by atoms with E-state index in [4.69, 9.17) is 5.73 Å². The summed E-state index contributed by atoms with van der Waals surface area (Å²) in [6.07, 6.45) is 10.2. The molecule has 4 nitrogen and oxygen atoms in total. The van der Waals surface area contributed by atoms with E-state index in [1.807, 2.05) is 19.9 Å².